The van der Waals surface area contributed by atoms with Gasteiger partial charge < -0.3 is 14.9 Å². The standard InChI is InChI=1S/C11H24O.C10H22O2/c1-3-4-5-6-7-8-9-10-11(2)12;1-3-5-6-10(4-2)9-12-8-7-11/h11-12H,3-10H2,1-2H3;10-11H,3-9H2,1-2H3. The largest absolute Gasteiger partial charge is 0.394 e. The summed E-state index contributed by atoms with van der Waals surface area (Å²) in [7, 11) is 0. The monoisotopic (exact) mass is 346 g/mol. The van der Waals surface area contributed by atoms with Crippen LogP contribution in [0.1, 0.15) is 105 Å². The van der Waals surface area contributed by atoms with Gasteiger partial charge in [-0.3, -0.25) is 0 Å². The van der Waals surface area contributed by atoms with Crippen molar-refractivity contribution in [1.29, 1.82) is 0 Å². The molecule has 0 amide bonds. The summed E-state index contributed by atoms with van der Waals surface area (Å²) in [4.78, 5) is 0. The summed E-state index contributed by atoms with van der Waals surface area (Å²) in [5.74, 6) is 0.691. The Bertz CT molecular complexity index is 207. The zero-order chi connectivity index (χ0) is 18.5. The molecule has 0 aliphatic carbocycles. The van der Waals surface area contributed by atoms with Gasteiger partial charge in [-0.2, -0.15) is 0 Å². The van der Waals surface area contributed by atoms with Crippen LogP contribution in [0.2, 0.25) is 0 Å². The normalized spacial score (nSPS) is 13.2. The lowest BCUT2D eigenvalue weighted by atomic mass is 10.0. The van der Waals surface area contributed by atoms with Crippen LogP contribution in [0.15, 0.2) is 0 Å². The number of unbranched alkanes of at least 4 members (excludes halogenated alkanes) is 7. The molecule has 0 aromatic heterocycles. The molecule has 148 valence electrons. The second kappa shape index (κ2) is 22.9. The molecule has 0 fully saturated rings. The van der Waals surface area contributed by atoms with E-state index in [1.807, 2.05) is 6.92 Å². The average molecular weight is 347 g/mol. The summed E-state index contributed by atoms with van der Waals surface area (Å²) in [6, 6.07) is 0. The van der Waals surface area contributed by atoms with Gasteiger partial charge in [-0.15, -0.1) is 0 Å². The second-order valence-electron chi connectivity index (χ2n) is 6.97. The van der Waals surface area contributed by atoms with Crippen molar-refractivity contribution in [3.63, 3.8) is 0 Å². The van der Waals surface area contributed by atoms with Gasteiger partial charge in [0.2, 0.25) is 0 Å². The maximum absolute atomic E-state index is 8.99. The average Bonchev–Trinajstić information content (AvgIpc) is 2.57. The van der Waals surface area contributed by atoms with Crippen molar-refractivity contribution in [3.05, 3.63) is 0 Å². The van der Waals surface area contributed by atoms with Gasteiger partial charge in [-0.05, 0) is 25.7 Å². The van der Waals surface area contributed by atoms with Gasteiger partial charge in [-0.1, -0.05) is 85.0 Å². The zero-order valence-corrected chi connectivity index (χ0v) is 17.1. The van der Waals surface area contributed by atoms with E-state index >= 15 is 0 Å². The third kappa shape index (κ3) is 24.1. The van der Waals surface area contributed by atoms with Crippen LogP contribution in [0.25, 0.3) is 0 Å². The Hall–Kier alpha value is -0.120. The van der Waals surface area contributed by atoms with E-state index in [0.29, 0.717) is 12.5 Å². The Morgan fingerprint density at radius 3 is 1.88 bits per heavy atom. The quantitative estimate of drug-likeness (QED) is 0.351. The van der Waals surface area contributed by atoms with Crippen LogP contribution in [0.4, 0.5) is 0 Å². The number of aliphatic hydroxyl groups is 2. The minimum absolute atomic E-state index is 0.0966. The number of ether oxygens (including phenoxy) is 1. The SMILES string of the molecule is CCCCC(CC)COCCO.CCCCCCCCCC(C)O. The molecule has 0 rings (SSSR count). The van der Waals surface area contributed by atoms with Crippen LogP contribution < -0.4 is 0 Å². The van der Waals surface area contributed by atoms with Gasteiger partial charge in [0, 0.05) is 6.61 Å². The molecule has 0 saturated heterocycles. The van der Waals surface area contributed by atoms with Crippen molar-refractivity contribution in [3.8, 4) is 0 Å². The van der Waals surface area contributed by atoms with Crippen molar-refractivity contribution in [1.82, 2.24) is 0 Å². The van der Waals surface area contributed by atoms with Crippen molar-refractivity contribution < 1.29 is 14.9 Å². The van der Waals surface area contributed by atoms with E-state index in [1.165, 1.54) is 70.6 Å². The molecular formula is C21H46O3. The maximum atomic E-state index is 8.99. The number of hydrogen-bond donors (Lipinski definition) is 2. The molecule has 3 heteroatoms. The topological polar surface area (TPSA) is 49.7 Å². The highest BCUT2D eigenvalue weighted by Gasteiger charge is 2.04. The molecule has 3 nitrogen and oxygen atoms in total. The minimum atomic E-state index is -0.0966. The van der Waals surface area contributed by atoms with Crippen LogP contribution in [-0.4, -0.2) is 36.1 Å². The predicted molar refractivity (Wildman–Crippen MR) is 106 cm³/mol. The van der Waals surface area contributed by atoms with Crippen molar-refractivity contribution in [2.24, 2.45) is 5.92 Å². The van der Waals surface area contributed by atoms with Crippen LogP contribution >= 0.6 is 0 Å². The van der Waals surface area contributed by atoms with Crippen LogP contribution in [0.3, 0.4) is 0 Å². The molecule has 0 spiro atoms. The summed E-state index contributed by atoms with van der Waals surface area (Å²) in [5, 5.41) is 17.5. The van der Waals surface area contributed by atoms with Crippen LogP contribution in [-0.2, 0) is 4.74 Å². The van der Waals surface area contributed by atoms with Gasteiger partial charge in [0.25, 0.3) is 0 Å². The maximum Gasteiger partial charge on any atom is 0.0697 e. The Balaban J connectivity index is 0. The first kappa shape index (κ1) is 26.1. The lowest BCUT2D eigenvalue weighted by Crippen LogP contribution is -2.10. The molecule has 0 aromatic rings. The number of aliphatic hydroxyl groups excluding tert-OH is 2. The molecular weight excluding hydrogens is 300 g/mol. The molecule has 2 atom stereocenters. The van der Waals surface area contributed by atoms with Crippen LogP contribution in [0.5, 0.6) is 0 Å². The summed E-state index contributed by atoms with van der Waals surface area (Å²) >= 11 is 0. The molecule has 0 bridgehead atoms. The minimum Gasteiger partial charge on any atom is -0.394 e. The van der Waals surface area contributed by atoms with Gasteiger partial charge in [0.05, 0.1) is 19.3 Å². The van der Waals surface area contributed by atoms with E-state index in [1.54, 1.807) is 0 Å². The third-order valence-electron chi connectivity index (χ3n) is 4.36. The number of hydrogen-bond acceptors (Lipinski definition) is 3. The third-order valence-corrected chi connectivity index (χ3v) is 4.36. The fraction of sp³-hybridized carbons (Fsp3) is 1.00. The summed E-state index contributed by atoms with van der Waals surface area (Å²) in [5.41, 5.74) is 0. The summed E-state index contributed by atoms with van der Waals surface area (Å²) in [6.45, 7) is 9.97. The Kier molecular flexibility index (Phi) is 24.9. The van der Waals surface area contributed by atoms with E-state index in [-0.39, 0.29) is 12.7 Å². The van der Waals surface area contributed by atoms with Gasteiger partial charge in [0.15, 0.2) is 0 Å². The van der Waals surface area contributed by atoms with E-state index < -0.39 is 0 Å². The first-order chi connectivity index (χ1) is 11.6. The summed E-state index contributed by atoms with van der Waals surface area (Å²) < 4.78 is 5.28. The molecule has 0 saturated carbocycles. The Labute approximate surface area is 152 Å². The lowest BCUT2D eigenvalue weighted by Gasteiger charge is -2.13. The fourth-order valence-electron chi connectivity index (χ4n) is 2.61. The van der Waals surface area contributed by atoms with E-state index in [2.05, 4.69) is 20.8 Å². The first-order valence-electron chi connectivity index (χ1n) is 10.5. The van der Waals surface area contributed by atoms with Gasteiger partial charge >= 0.3 is 0 Å². The first-order valence-corrected chi connectivity index (χ1v) is 10.5. The van der Waals surface area contributed by atoms with Gasteiger partial charge in [-0.25, -0.2) is 0 Å². The summed E-state index contributed by atoms with van der Waals surface area (Å²) in [6.07, 6.45) is 15.2. The fourth-order valence-corrected chi connectivity index (χ4v) is 2.61. The van der Waals surface area contributed by atoms with Crippen LogP contribution in [0, 0.1) is 5.92 Å². The zero-order valence-electron chi connectivity index (χ0n) is 17.1. The molecule has 0 heterocycles. The molecule has 24 heavy (non-hydrogen) atoms. The van der Waals surface area contributed by atoms with Gasteiger partial charge in [0.1, 0.15) is 0 Å². The van der Waals surface area contributed by atoms with E-state index in [4.69, 9.17) is 14.9 Å². The lowest BCUT2D eigenvalue weighted by molar-refractivity contribution is 0.0640. The highest BCUT2D eigenvalue weighted by molar-refractivity contribution is 4.55. The van der Waals surface area contributed by atoms with Crippen molar-refractivity contribution in [2.75, 3.05) is 19.8 Å². The number of rotatable bonds is 16. The Morgan fingerprint density at radius 1 is 0.792 bits per heavy atom. The smallest absolute Gasteiger partial charge is 0.0697 e. The van der Waals surface area contributed by atoms with E-state index in [0.717, 1.165) is 13.0 Å². The molecule has 2 unspecified atom stereocenters. The van der Waals surface area contributed by atoms with Crippen molar-refractivity contribution in [2.45, 2.75) is 111 Å². The Morgan fingerprint density at radius 2 is 1.38 bits per heavy atom. The molecule has 2 N–H and O–H groups in total. The van der Waals surface area contributed by atoms with E-state index in [9.17, 15) is 0 Å². The molecule has 0 aromatic carbocycles. The molecule has 0 radical (unpaired) electrons. The predicted octanol–water partition coefficient (Wildman–Crippen LogP) is 5.72. The van der Waals surface area contributed by atoms with Crippen molar-refractivity contribution >= 4 is 0 Å². The molecule has 0 aliphatic rings. The second-order valence-corrected chi connectivity index (χ2v) is 6.97. The highest BCUT2D eigenvalue weighted by Crippen LogP contribution is 2.12. The molecule has 0 aliphatic heterocycles. The highest BCUT2D eigenvalue weighted by atomic mass is 16.5.